The topological polar surface area (TPSA) is 56.8 Å². The number of halogens is 1. The monoisotopic (exact) mass is 379 g/mol. The zero-order chi connectivity index (χ0) is 16.8. The lowest BCUT2D eigenvalue weighted by molar-refractivity contribution is -0.118. The van der Waals surface area contributed by atoms with Crippen LogP contribution in [-0.2, 0) is 4.79 Å². The van der Waals surface area contributed by atoms with Gasteiger partial charge in [0.25, 0.3) is 5.91 Å². The summed E-state index contributed by atoms with van der Waals surface area (Å²) in [5, 5.41) is 2.76. The average Bonchev–Trinajstić information content (AvgIpc) is 2.56. The summed E-state index contributed by atoms with van der Waals surface area (Å²) in [4.78, 5) is 12.0. The average molecular weight is 380 g/mol. The Bertz CT molecular complexity index is 703. The van der Waals surface area contributed by atoms with Crippen molar-refractivity contribution in [3.8, 4) is 17.2 Å². The quantitative estimate of drug-likeness (QED) is 0.829. The van der Waals surface area contributed by atoms with Crippen LogP contribution in [0.5, 0.6) is 17.2 Å². The Morgan fingerprint density at radius 1 is 1.09 bits per heavy atom. The third kappa shape index (κ3) is 4.63. The molecule has 0 spiro atoms. The van der Waals surface area contributed by atoms with Crippen molar-refractivity contribution in [2.24, 2.45) is 0 Å². The number of methoxy groups -OCH3 is 2. The smallest absolute Gasteiger partial charge is 0.262 e. The van der Waals surface area contributed by atoms with Crippen LogP contribution >= 0.6 is 15.9 Å². The molecule has 0 saturated heterocycles. The van der Waals surface area contributed by atoms with Crippen molar-refractivity contribution in [3.63, 3.8) is 0 Å². The van der Waals surface area contributed by atoms with Crippen molar-refractivity contribution in [2.75, 3.05) is 26.1 Å². The number of nitrogens with one attached hydrogen (secondary N) is 1. The van der Waals surface area contributed by atoms with Gasteiger partial charge in [0, 0.05) is 10.5 Å². The lowest BCUT2D eigenvalue weighted by Crippen LogP contribution is -2.20. The largest absolute Gasteiger partial charge is 0.497 e. The highest BCUT2D eigenvalue weighted by Crippen LogP contribution is 2.29. The van der Waals surface area contributed by atoms with Crippen LogP contribution in [0.3, 0.4) is 0 Å². The predicted octanol–water partition coefficient (Wildman–Crippen LogP) is 3.79. The molecule has 2 aromatic rings. The molecule has 23 heavy (non-hydrogen) atoms. The maximum Gasteiger partial charge on any atom is 0.262 e. The number of hydrogen-bond donors (Lipinski definition) is 1. The highest BCUT2D eigenvalue weighted by atomic mass is 79.9. The first-order chi connectivity index (χ1) is 11.0. The standard InChI is InChI=1S/C17H18BrNO4/c1-11-8-13(4-6-14(11)18)23-10-17(20)19-15-7-5-12(21-2)9-16(15)22-3/h4-9H,10H2,1-3H3,(H,19,20). The predicted molar refractivity (Wildman–Crippen MR) is 92.5 cm³/mol. The molecule has 1 N–H and O–H groups in total. The molecular weight excluding hydrogens is 362 g/mol. The number of aryl methyl sites for hydroxylation is 1. The molecule has 0 atom stereocenters. The number of ether oxygens (including phenoxy) is 3. The SMILES string of the molecule is COc1ccc(NC(=O)COc2ccc(Br)c(C)c2)c(OC)c1. The third-order valence-corrected chi connectivity index (χ3v) is 4.07. The molecule has 122 valence electrons. The van der Waals surface area contributed by atoms with Gasteiger partial charge >= 0.3 is 0 Å². The van der Waals surface area contributed by atoms with Gasteiger partial charge in [-0.3, -0.25) is 4.79 Å². The van der Waals surface area contributed by atoms with Crippen LogP contribution in [-0.4, -0.2) is 26.7 Å². The van der Waals surface area contributed by atoms with Crippen molar-refractivity contribution in [1.82, 2.24) is 0 Å². The van der Waals surface area contributed by atoms with E-state index >= 15 is 0 Å². The van der Waals surface area contributed by atoms with Crippen LogP contribution in [0, 0.1) is 6.92 Å². The summed E-state index contributed by atoms with van der Waals surface area (Å²) in [6, 6.07) is 10.7. The van der Waals surface area contributed by atoms with Crippen LogP contribution in [0.15, 0.2) is 40.9 Å². The summed E-state index contributed by atoms with van der Waals surface area (Å²) in [6.07, 6.45) is 0. The third-order valence-electron chi connectivity index (χ3n) is 3.18. The highest BCUT2D eigenvalue weighted by Gasteiger charge is 2.10. The van der Waals surface area contributed by atoms with Crippen molar-refractivity contribution >= 4 is 27.5 Å². The van der Waals surface area contributed by atoms with Gasteiger partial charge < -0.3 is 19.5 Å². The maximum absolute atomic E-state index is 12.0. The minimum Gasteiger partial charge on any atom is -0.497 e. The number of carbonyl (C=O) groups excluding carboxylic acids is 1. The van der Waals surface area contributed by atoms with Crippen molar-refractivity contribution in [3.05, 3.63) is 46.4 Å². The zero-order valence-electron chi connectivity index (χ0n) is 13.2. The molecule has 2 aromatic carbocycles. The molecule has 5 nitrogen and oxygen atoms in total. The van der Waals surface area contributed by atoms with Gasteiger partial charge in [0.2, 0.25) is 0 Å². The molecule has 0 bridgehead atoms. The van der Waals surface area contributed by atoms with Gasteiger partial charge in [-0.1, -0.05) is 15.9 Å². The first-order valence-corrected chi connectivity index (χ1v) is 7.73. The molecule has 6 heteroatoms. The molecule has 0 fully saturated rings. The number of anilines is 1. The number of amides is 1. The fourth-order valence-corrected chi connectivity index (χ4v) is 2.19. The summed E-state index contributed by atoms with van der Waals surface area (Å²) in [6.45, 7) is 1.87. The van der Waals surface area contributed by atoms with Crippen molar-refractivity contribution in [1.29, 1.82) is 0 Å². The first-order valence-electron chi connectivity index (χ1n) is 6.94. The molecular formula is C17H18BrNO4. The van der Waals surface area contributed by atoms with Crippen LogP contribution in [0.1, 0.15) is 5.56 Å². The lowest BCUT2D eigenvalue weighted by Gasteiger charge is -2.12. The van der Waals surface area contributed by atoms with Crippen LogP contribution in [0.4, 0.5) is 5.69 Å². The number of rotatable bonds is 6. The fourth-order valence-electron chi connectivity index (χ4n) is 1.94. The summed E-state index contributed by atoms with van der Waals surface area (Å²) in [7, 11) is 3.10. The van der Waals surface area contributed by atoms with Crippen LogP contribution < -0.4 is 19.5 Å². The molecule has 0 saturated carbocycles. The van der Waals surface area contributed by atoms with Gasteiger partial charge in [-0.2, -0.15) is 0 Å². The summed E-state index contributed by atoms with van der Waals surface area (Å²) in [5.41, 5.74) is 1.61. The maximum atomic E-state index is 12.0. The van der Waals surface area contributed by atoms with E-state index in [0.717, 1.165) is 10.0 Å². The van der Waals surface area contributed by atoms with Crippen LogP contribution in [0.2, 0.25) is 0 Å². The minimum absolute atomic E-state index is 0.0870. The Balaban J connectivity index is 1.98. The van der Waals surface area contributed by atoms with E-state index in [9.17, 15) is 4.79 Å². The van der Waals surface area contributed by atoms with E-state index in [-0.39, 0.29) is 12.5 Å². The summed E-state index contributed by atoms with van der Waals surface area (Å²) >= 11 is 3.42. The van der Waals surface area contributed by atoms with Gasteiger partial charge in [-0.15, -0.1) is 0 Å². The number of benzene rings is 2. The van der Waals surface area contributed by atoms with Crippen LogP contribution in [0.25, 0.3) is 0 Å². The van der Waals surface area contributed by atoms with E-state index in [0.29, 0.717) is 22.9 Å². The molecule has 0 aliphatic carbocycles. The van der Waals surface area contributed by atoms with E-state index < -0.39 is 0 Å². The van der Waals surface area contributed by atoms with Gasteiger partial charge in [-0.05, 0) is 42.8 Å². The number of hydrogen-bond acceptors (Lipinski definition) is 4. The molecule has 0 aromatic heterocycles. The molecule has 0 aliphatic heterocycles. The molecule has 0 aliphatic rings. The van der Waals surface area contributed by atoms with E-state index in [4.69, 9.17) is 14.2 Å². The summed E-state index contributed by atoms with van der Waals surface area (Å²) in [5.74, 6) is 1.55. The minimum atomic E-state index is -0.269. The van der Waals surface area contributed by atoms with E-state index in [1.807, 2.05) is 19.1 Å². The Hall–Kier alpha value is -2.21. The lowest BCUT2D eigenvalue weighted by atomic mass is 10.2. The highest BCUT2D eigenvalue weighted by molar-refractivity contribution is 9.10. The first kappa shape index (κ1) is 17.1. The second kappa shape index (κ2) is 7.87. The Kier molecular flexibility index (Phi) is 5.87. The van der Waals surface area contributed by atoms with Gasteiger partial charge in [0.1, 0.15) is 17.2 Å². The second-order valence-corrected chi connectivity index (χ2v) is 5.67. The fraction of sp³-hybridized carbons (Fsp3) is 0.235. The number of carbonyl (C=O) groups is 1. The molecule has 0 radical (unpaired) electrons. The Morgan fingerprint density at radius 2 is 1.83 bits per heavy atom. The van der Waals surface area contributed by atoms with Crippen molar-refractivity contribution in [2.45, 2.75) is 6.92 Å². The summed E-state index contributed by atoms with van der Waals surface area (Å²) < 4.78 is 16.9. The second-order valence-electron chi connectivity index (χ2n) is 4.81. The Morgan fingerprint density at radius 3 is 2.48 bits per heavy atom. The Labute approximate surface area is 143 Å². The van der Waals surface area contributed by atoms with Crippen molar-refractivity contribution < 1.29 is 19.0 Å². The molecule has 0 heterocycles. The van der Waals surface area contributed by atoms with E-state index in [1.54, 1.807) is 31.4 Å². The van der Waals surface area contributed by atoms with E-state index in [1.165, 1.54) is 7.11 Å². The molecule has 1 amide bonds. The van der Waals surface area contributed by atoms with Gasteiger partial charge in [-0.25, -0.2) is 0 Å². The van der Waals surface area contributed by atoms with Gasteiger partial charge in [0.05, 0.1) is 19.9 Å². The van der Waals surface area contributed by atoms with E-state index in [2.05, 4.69) is 21.2 Å². The molecule has 0 unspecified atom stereocenters. The normalized spacial score (nSPS) is 10.1. The molecule has 2 rings (SSSR count). The van der Waals surface area contributed by atoms with Gasteiger partial charge in [0.15, 0.2) is 6.61 Å². The zero-order valence-corrected chi connectivity index (χ0v) is 14.8.